The van der Waals surface area contributed by atoms with E-state index in [0.29, 0.717) is 28.8 Å². The molecule has 2 aliphatic rings. The number of aliphatic hydroxyl groups is 2. The molecule has 8 atom stereocenters. The maximum atomic E-state index is 16.5. The normalized spacial score (nSPS) is 25.1. The molecule has 0 bridgehead atoms. The van der Waals surface area contributed by atoms with Crippen LogP contribution in [0.4, 0.5) is 10.2 Å². The third kappa shape index (κ3) is 6.62. The minimum atomic E-state index is -3.77. The van der Waals surface area contributed by atoms with E-state index in [2.05, 4.69) is 35.2 Å². The number of hydrogen-bond acceptors (Lipinski definition) is 15. The highest BCUT2D eigenvalue weighted by atomic mass is 32.5. The van der Waals surface area contributed by atoms with Gasteiger partial charge in [0.25, 0.3) is 5.91 Å². The number of aliphatic hydroxyl groups excluding tert-OH is 2. The van der Waals surface area contributed by atoms with Crippen LogP contribution in [0.25, 0.3) is 28.0 Å². The number of alkyl halides is 1. The van der Waals surface area contributed by atoms with Crippen LogP contribution in [0.15, 0.2) is 68.0 Å². The van der Waals surface area contributed by atoms with Gasteiger partial charge >= 0.3 is 6.72 Å². The molecule has 5 aromatic heterocycles. The van der Waals surface area contributed by atoms with Gasteiger partial charge in [-0.3, -0.25) is 18.3 Å². The predicted octanol–water partition coefficient (Wildman–Crippen LogP) is 3.13. The zero-order valence-electron chi connectivity index (χ0n) is 28.3. The first-order valence-electron chi connectivity index (χ1n) is 17.0. The maximum Gasteiger partial charge on any atom is 0.327 e. The summed E-state index contributed by atoms with van der Waals surface area (Å²) in [6.07, 6.45) is 3.87. The lowest BCUT2D eigenvalue weighted by Crippen LogP contribution is -2.43. The molecule has 8 rings (SSSR count). The Kier molecular flexibility index (Phi) is 10.1. The Hall–Kier alpha value is -4.84. The van der Waals surface area contributed by atoms with Crippen molar-refractivity contribution in [2.24, 2.45) is 11.8 Å². The highest BCUT2D eigenvalue weighted by Gasteiger charge is 2.51. The van der Waals surface area contributed by atoms with Crippen molar-refractivity contribution in [1.29, 1.82) is 5.26 Å². The number of halogens is 1. The largest absolute Gasteiger partial charge is 0.396 e. The first kappa shape index (κ1) is 36.2. The summed E-state index contributed by atoms with van der Waals surface area (Å²) in [6.45, 7) is -4.71. The molecule has 1 unspecified atom stereocenters. The van der Waals surface area contributed by atoms with Gasteiger partial charge in [0.05, 0.1) is 45.0 Å². The van der Waals surface area contributed by atoms with Crippen molar-refractivity contribution in [2.75, 3.05) is 31.7 Å². The lowest BCUT2D eigenvalue weighted by Gasteiger charge is -2.44. The molecule has 6 heterocycles. The number of carbonyl (C=O) groups excluding carboxylic acids is 1. The zero-order valence-corrected chi connectivity index (χ0v) is 30.0. The molecule has 1 aliphatic carbocycles. The summed E-state index contributed by atoms with van der Waals surface area (Å²) >= 11 is 5.75. The Morgan fingerprint density at radius 3 is 2.61 bits per heavy atom. The Morgan fingerprint density at radius 2 is 1.81 bits per heavy atom. The van der Waals surface area contributed by atoms with E-state index in [1.54, 1.807) is 59.8 Å². The van der Waals surface area contributed by atoms with Crippen molar-refractivity contribution in [2.45, 2.75) is 43.5 Å². The van der Waals surface area contributed by atoms with Crippen molar-refractivity contribution in [3.8, 4) is 6.07 Å². The molecule has 54 heavy (non-hydrogen) atoms. The van der Waals surface area contributed by atoms with Gasteiger partial charge in [-0.15, -0.1) is 0 Å². The van der Waals surface area contributed by atoms with Crippen LogP contribution in [0.1, 0.15) is 35.5 Å². The lowest BCUT2D eigenvalue weighted by molar-refractivity contribution is -0.0470. The molecule has 18 nitrogen and oxygen atoms in total. The average Bonchev–Trinajstić information content (AvgIpc) is 3.98. The molecule has 280 valence electrons. The summed E-state index contributed by atoms with van der Waals surface area (Å²) in [5.74, 6) is -0.767. The molecule has 1 saturated heterocycles. The van der Waals surface area contributed by atoms with Gasteiger partial charge in [-0.1, -0.05) is 18.2 Å². The number of anilines is 1. The molecule has 0 spiro atoms. The van der Waals surface area contributed by atoms with Crippen LogP contribution < -0.4 is 5.32 Å². The number of imidazole rings is 3. The number of rotatable bonds is 14. The number of ether oxygens (including phenoxy) is 1. The van der Waals surface area contributed by atoms with E-state index in [1.165, 1.54) is 17.2 Å². The van der Waals surface area contributed by atoms with Crippen molar-refractivity contribution < 1.29 is 37.7 Å². The molecule has 1 aliphatic heterocycles. The number of fused-ring (bicyclic) bond motifs is 4. The van der Waals surface area contributed by atoms with Crippen LogP contribution in [0.2, 0.25) is 0 Å². The van der Waals surface area contributed by atoms with Crippen LogP contribution in [0, 0.1) is 23.2 Å². The molecular formula is C33H33FN11O7PS. The van der Waals surface area contributed by atoms with Gasteiger partial charge < -0.3 is 33.9 Å². The van der Waals surface area contributed by atoms with Gasteiger partial charge in [0.1, 0.15) is 24.9 Å². The number of benzene rings is 1. The SMILES string of the molecule is N#CCCOP(=S)(OC[C@H]1C[C@@H](n2cnc3c2ncn2ccnc32)[C@@H]1CO)O[C@H]1[C@@H](F)[C@H](n2cnc3c(NC(=O)c4ccccc4)ncnc32)O[C@@H]1CO. The molecule has 21 heteroatoms. The smallest absolute Gasteiger partial charge is 0.327 e. The van der Waals surface area contributed by atoms with Crippen molar-refractivity contribution >= 4 is 58.2 Å². The van der Waals surface area contributed by atoms with Gasteiger partial charge in [0, 0.05) is 36.5 Å². The summed E-state index contributed by atoms with van der Waals surface area (Å²) in [6, 6.07) is 10.4. The zero-order chi connectivity index (χ0) is 37.4. The summed E-state index contributed by atoms with van der Waals surface area (Å²) in [7, 11) is 0. The fraction of sp³-hybridized carbons (Fsp3) is 0.394. The quantitative estimate of drug-likeness (QED) is 0.107. The topological polar surface area (TPSA) is 222 Å². The first-order chi connectivity index (χ1) is 26.3. The fourth-order valence-corrected chi connectivity index (χ4v) is 9.02. The third-order valence-corrected chi connectivity index (χ3v) is 12.0. The van der Waals surface area contributed by atoms with Crippen LogP contribution >= 0.6 is 6.72 Å². The molecule has 1 aromatic carbocycles. The molecule has 6 aromatic rings. The third-order valence-electron chi connectivity index (χ3n) is 9.67. The monoisotopic (exact) mass is 777 g/mol. The summed E-state index contributed by atoms with van der Waals surface area (Å²) < 4.78 is 45.4. The highest BCUT2D eigenvalue weighted by Crippen LogP contribution is 2.56. The minimum Gasteiger partial charge on any atom is -0.396 e. The van der Waals surface area contributed by atoms with E-state index in [-0.39, 0.29) is 61.1 Å². The summed E-state index contributed by atoms with van der Waals surface area (Å²) in [5.41, 5.74) is 2.68. The molecule has 3 N–H and O–H groups in total. The number of hydrogen-bond donors (Lipinski definition) is 3. The second-order valence-electron chi connectivity index (χ2n) is 12.7. The molecule has 0 radical (unpaired) electrons. The van der Waals surface area contributed by atoms with Crippen LogP contribution in [0.3, 0.4) is 0 Å². The van der Waals surface area contributed by atoms with Gasteiger partial charge in [-0.25, -0.2) is 34.3 Å². The Morgan fingerprint density at radius 1 is 1.02 bits per heavy atom. The van der Waals surface area contributed by atoms with E-state index in [4.69, 9.17) is 35.4 Å². The minimum absolute atomic E-state index is 0.00836. The van der Waals surface area contributed by atoms with Gasteiger partial charge in [-0.2, -0.15) is 5.26 Å². The van der Waals surface area contributed by atoms with Gasteiger partial charge in [-0.05, 0) is 36.3 Å². The van der Waals surface area contributed by atoms with Crippen molar-refractivity contribution in [3.05, 3.63) is 73.6 Å². The van der Waals surface area contributed by atoms with Crippen LogP contribution in [0.5, 0.6) is 0 Å². The highest BCUT2D eigenvalue weighted by molar-refractivity contribution is 8.07. The fourth-order valence-electron chi connectivity index (χ4n) is 6.88. The number of nitrogens with one attached hydrogen (secondary N) is 1. The maximum absolute atomic E-state index is 16.5. The van der Waals surface area contributed by atoms with Gasteiger partial charge in [0.15, 0.2) is 46.2 Å². The van der Waals surface area contributed by atoms with Crippen molar-refractivity contribution in [1.82, 2.24) is 43.4 Å². The van der Waals surface area contributed by atoms with Crippen LogP contribution in [-0.4, -0.2) is 104 Å². The summed E-state index contributed by atoms with van der Waals surface area (Å²) in [4.78, 5) is 39.0. The second-order valence-corrected chi connectivity index (χ2v) is 15.7. The number of carbonyl (C=O) groups is 1. The Balaban J connectivity index is 0.977. The average molecular weight is 778 g/mol. The van der Waals surface area contributed by atoms with E-state index in [1.807, 2.05) is 10.6 Å². The van der Waals surface area contributed by atoms with E-state index >= 15 is 4.39 Å². The lowest BCUT2D eigenvalue weighted by atomic mass is 9.70. The van der Waals surface area contributed by atoms with E-state index < -0.39 is 43.8 Å². The molecule has 1 amide bonds. The van der Waals surface area contributed by atoms with E-state index in [0.717, 1.165) is 0 Å². The van der Waals surface area contributed by atoms with E-state index in [9.17, 15) is 15.0 Å². The number of aromatic nitrogens is 9. The van der Waals surface area contributed by atoms with Crippen molar-refractivity contribution in [3.63, 3.8) is 0 Å². The summed E-state index contributed by atoms with van der Waals surface area (Å²) in [5, 5.41) is 32.5. The Labute approximate surface area is 310 Å². The molecule has 1 saturated carbocycles. The Bertz CT molecular complexity index is 2390. The number of amides is 1. The predicted molar refractivity (Wildman–Crippen MR) is 191 cm³/mol. The number of nitriles is 1. The standard InChI is InChI=1S/C33H33FN11O7PS/c34-24-27(23(13-47)51-33(24)45-18-39-25-28(37-15-38-30(25)45)42-32(48)19-5-2-1-3-6-19)52-53(54,49-10-4-7-35)50-14-20-11-22(21(20)12-46)44-17-40-26-29-36-8-9-43(29)16-41-31(26)44/h1-3,5-6,8-9,15-18,20-24,27,33,46-47H,4,10-14H2,(H,37,38,42,48)/t20-,21-,22-,23-,24-,27-,33-,53?/m1/s1. The second kappa shape index (κ2) is 15.1. The molecular weight excluding hydrogens is 744 g/mol. The molecule has 2 fully saturated rings. The van der Waals surface area contributed by atoms with Crippen LogP contribution in [-0.2, 0) is 30.1 Å². The first-order valence-corrected chi connectivity index (χ1v) is 19.5. The number of nitrogens with zero attached hydrogens (tertiary/aromatic N) is 10. The van der Waals surface area contributed by atoms with Gasteiger partial charge in [0.2, 0.25) is 0 Å².